The summed E-state index contributed by atoms with van der Waals surface area (Å²) in [5.74, 6) is -1.10. The average Bonchev–Trinajstić information content (AvgIpc) is 1.79. The number of aromatic nitrogens is 16. The third-order valence-corrected chi connectivity index (χ3v) is 18.1. The molecule has 8 bridgehead atoms. The van der Waals surface area contributed by atoms with Crippen molar-refractivity contribution in [1.82, 2.24) is 79.7 Å². The van der Waals surface area contributed by atoms with Crippen molar-refractivity contribution in [2.75, 3.05) is 13.2 Å². The van der Waals surface area contributed by atoms with Crippen LogP contribution in [-0.4, -0.2) is 133 Å². The molecule has 7 aromatic rings. The number of H-pyrrole nitrogens is 2. The summed E-state index contributed by atoms with van der Waals surface area (Å²) in [5, 5.41) is 4.19. The predicted octanol–water partition coefficient (Wildman–Crippen LogP) is 15.3. The maximum atomic E-state index is 14.2. The molecule has 0 spiro atoms. The van der Waals surface area contributed by atoms with Crippen LogP contribution in [0.5, 0.6) is 0 Å². The molecule has 446 valence electrons. The van der Waals surface area contributed by atoms with Crippen LogP contribution in [0.3, 0.4) is 0 Å². The molecule has 0 radical (unpaired) electrons. The maximum Gasteiger partial charge on any atom is 0.359 e. The van der Waals surface area contributed by atoms with Gasteiger partial charge in [-0.25, -0.2) is 79.4 Å². The number of aromatic amines is 2. The van der Waals surface area contributed by atoms with Crippen molar-refractivity contribution in [3.63, 3.8) is 0 Å². The fourth-order valence-electron chi connectivity index (χ4n) is 8.04. The monoisotopic (exact) mass is 1250 g/mol. The van der Waals surface area contributed by atoms with Crippen LogP contribution in [0.1, 0.15) is 185 Å². The summed E-state index contributed by atoms with van der Waals surface area (Å²) in [7, 11) is 0. The molecule has 26 heteroatoms. The number of hydrogen-bond acceptors (Lipinski definition) is 24. The fraction of sp³-hybridized carbons (Fsp3) is 0.552. The van der Waals surface area contributed by atoms with Gasteiger partial charge >= 0.3 is 11.9 Å². The van der Waals surface area contributed by atoms with E-state index in [2.05, 4.69) is 135 Å². The molecule has 2 aliphatic heterocycles. The van der Waals surface area contributed by atoms with Crippen LogP contribution in [0.15, 0.2) is 30.2 Å². The lowest BCUT2D eigenvalue weighted by atomic mass is 10.2. The van der Waals surface area contributed by atoms with Crippen molar-refractivity contribution in [3.8, 4) is 46.1 Å². The zero-order valence-electron chi connectivity index (χ0n) is 51.6. The first kappa shape index (κ1) is 63.2. The van der Waals surface area contributed by atoms with E-state index in [1.54, 1.807) is 70.6 Å². The molecule has 9 rings (SSSR count). The topological polar surface area (TPSA) is 265 Å². The molecule has 0 fully saturated rings. The second-order valence-corrected chi connectivity index (χ2v) is 37.0. The van der Waals surface area contributed by atoms with Crippen molar-refractivity contribution < 1.29 is 19.1 Å². The molecule has 84 heavy (non-hydrogen) atoms. The van der Waals surface area contributed by atoms with E-state index in [0.29, 0.717) is 78.0 Å². The van der Waals surface area contributed by atoms with Gasteiger partial charge in [0.1, 0.15) is 75.0 Å². The van der Waals surface area contributed by atoms with E-state index in [1.807, 2.05) is 13.8 Å². The van der Waals surface area contributed by atoms with Crippen LogP contribution in [-0.2, 0) is 9.47 Å². The van der Waals surface area contributed by atoms with Crippen molar-refractivity contribution in [1.29, 1.82) is 0 Å². The first-order valence-corrected chi connectivity index (χ1v) is 32.9. The number of esters is 2. The molecule has 0 aromatic carbocycles. The minimum atomic E-state index is -0.854. The highest BCUT2D eigenvalue weighted by Gasteiger charge is 2.35. The first-order valence-electron chi connectivity index (χ1n) is 28.0. The van der Waals surface area contributed by atoms with E-state index in [-0.39, 0.29) is 98.7 Å². The van der Waals surface area contributed by atoms with Crippen LogP contribution in [0.4, 0.5) is 0 Å². The maximum absolute atomic E-state index is 14.2. The summed E-state index contributed by atoms with van der Waals surface area (Å²) < 4.78 is 9.88. The first-order chi connectivity index (χ1) is 39.0. The fourth-order valence-corrected chi connectivity index (χ4v) is 13.9. The van der Waals surface area contributed by atoms with E-state index in [4.69, 9.17) is 79.2 Å². The van der Waals surface area contributed by atoms with Crippen LogP contribution in [0.25, 0.3) is 90.7 Å². The van der Waals surface area contributed by atoms with Crippen LogP contribution >= 0.6 is 70.6 Å². The number of carbonyl (C=O) groups excluding carboxylic acids is 2. The Bertz CT molecular complexity index is 3680. The molecular formula is C58H74N16O4S6. The smallest absolute Gasteiger partial charge is 0.359 e. The van der Waals surface area contributed by atoms with Crippen molar-refractivity contribution in [2.24, 2.45) is 0 Å². The number of rotatable bonds is 14. The highest BCUT2D eigenvalue weighted by atomic mass is 32.2. The highest BCUT2D eigenvalue weighted by molar-refractivity contribution is 8.04. The van der Waals surface area contributed by atoms with Gasteiger partial charge in [0.2, 0.25) is 0 Å². The standard InChI is InChI=1S/C58H74N16O4S6/c1-21-23-25-77-51(75)35-36(52(76)78-26-24-22-2)60-28-27(59-35)37-67-38(28)69-40-30-32(64-48(82-56(12,13)14)46(62-30)80-54(6,7)8)42(71-40)73-44-34-33(65-49(83-57(15,16)17)50(66-34)84-58(18,19)20)43(74-44)72-41-31-29(39(68-37)70-41)61-45(79-53(3,4)5)47(63-31)81-55(9,10)11/h21-26H2,1-20H3,(H2,67,68,69,70,71,72,73,74). The van der Waals surface area contributed by atoms with Gasteiger partial charge in [-0.15, -0.1) is 0 Å². The quantitative estimate of drug-likeness (QED) is 0.0582. The number of nitrogens with zero attached hydrogens (tertiary/aromatic N) is 14. The van der Waals surface area contributed by atoms with E-state index >= 15 is 0 Å². The Labute approximate surface area is 516 Å². The number of thioether (sulfide) groups is 6. The van der Waals surface area contributed by atoms with E-state index in [9.17, 15) is 9.59 Å². The third kappa shape index (κ3) is 15.1. The predicted molar refractivity (Wildman–Crippen MR) is 342 cm³/mol. The Balaban J connectivity index is 1.50. The third-order valence-electron chi connectivity index (χ3n) is 11.2. The summed E-state index contributed by atoms with van der Waals surface area (Å²) in [5.41, 5.74) is 2.48. The van der Waals surface area contributed by atoms with Crippen LogP contribution in [0, 0.1) is 0 Å². The zero-order chi connectivity index (χ0) is 61.2. The number of carbonyl (C=O) groups is 2. The average molecular weight is 1250 g/mol. The molecule has 0 atom stereocenters. The van der Waals surface area contributed by atoms with Gasteiger partial charge in [0.05, 0.1) is 13.2 Å². The van der Waals surface area contributed by atoms with Gasteiger partial charge in [0.15, 0.2) is 57.3 Å². The van der Waals surface area contributed by atoms with Gasteiger partial charge in [0, 0.05) is 28.5 Å². The Hall–Kier alpha value is -5.28. The molecule has 0 saturated heterocycles. The summed E-state index contributed by atoms with van der Waals surface area (Å²) in [6, 6.07) is 0. The molecule has 0 amide bonds. The minimum Gasteiger partial charge on any atom is -0.461 e. The Kier molecular flexibility index (Phi) is 17.9. The molecule has 20 nitrogen and oxygen atoms in total. The summed E-state index contributed by atoms with van der Waals surface area (Å²) >= 11 is 9.56. The van der Waals surface area contributed by atoms with E-state index in [1.165, 1.54) is 0 Å². The highest BCUT2D eigenvalue weighted by Crippen LogP contribution is 2.47. The van der Waals surface area contributed by atoms with Gasteiger partial charge in [-0.3, -0.25) is 0 Å². The minimum absolute atomic E-state index is 0.0692. The molecule has 2 aliphatic rings. The lowest BCUT2D eigenvalue weighted by Gasteiger charge is -2.22. The second-order valence-electron chi connectivity index (χ2n) is 26.1. The molecule has 9 heterocycles. The Morgan fingerprint density at radius 1 is 0.333 bits per heavy atom. The molecule has 2 N–H and O–H groups in total. The molecule has 0 unspecified atom stereocenters. The normalized spacial score (nSPS) is 13.2. The number of fused-ring (bicyclic) bond motifs is 20. The Morgan fingerprint density at radius 3 is 0.786 bits per heavy atom. The van der Waals surface area contributed by atoms with Crippen LogP contribution in [0.2, 0.25) is 0 Å². The van der Waals surface area contributed by atoms with Crippen LogP contribution < -0.4 is 0 Å². The van der Waals surface area contributed by atoms with E-state index in [0.717, 1.165) is 22.9 Å². The van der Waals surface area contributed by atoms with Gasteiger partial charge in [-0.05, 0) is 12.8 Å². The summed E-state index contributed by atoms with van der Waals surface area (Å²) in [6.45, 7) is 42.5. The number of hydrogen-bond donors (Lipinski definition) is 2. The molecule has 0 aliphatic carbocycles. The van der Waals surface area contributed by atoms with Gasteiger partial charge < -0.3 is 19.4 Å². The molecular weight excluding hydrogens is 1180 g/mol. The number of ether oxygens (including phenoxy) is 2. The van der Waals surface area contributed by atoms with Crippen molar-refractivity contribution >= 4 is 127 Å². The lowest BCUT2D eigenvalue weighted by Crippen LogP contribution is -2.18. The van der Waals surface area contributed by atoms with E-state index < -0.39 is 11.9 Å². The second kappa shape index (κ2) is 23.8. The van der Waals surface area contributed by atoms with Gasteiger partial charge in [-0.1, -0.05) is 222 Å². The lowest BCUT2D eigenvalue weighted by molar-refractivity contribution is 0.0442. The van der Waals surface area contributed by atoms with Gasteiger partial charge in [-0.2, -0.15) is 0 Å². The largest absolute Gasteiger partial charge is 0.461 e. The summed E-state index contributed by atoms with van der Waals surface area (Å²) in [4.78, 5) is 109. The Morgan fingerprint density at radius 2 is 0.560 bits per heavy atom. The SMILES string of the molecule is CCCCOC(=O)c1nc2c3nc4nc(nc5[nH]c(nc6nc(nc([nH]3)c2nc1C(=O)OCCCC)-c1nc(SC(C)(C)C)c(SC(C)(C)C)nc1-6)c1nc(SC(C)(C)C)c(SC(C)(C)C)nc51)-c1nc(SC(C)(C)C)c(SC(C)(C)C)nc1-4. The van der Waals surface area contributed by atoms with Gasteiger partial charge in [0.25, 0.3) is 0 Å². The number of nitrogens with one attached hydrogen (secondary N) is 2. The molecule has 0 saturated carbocycles. The van der Waals surface area contributed by atoms with Crippen molar-refractivity contribution in [2.45, 2.75) is 223 Å². The van der Waals surface area contributed by atoms with Crippen molar-refractivity contribution in [3.05, 3.63) is 11.4 Å². The number of unbranched alkanes of at least 4 members (excludes halogenated alkanes) is 2. The molecule has 7 aromatic heterocycles. The zero-order valence-corrected chi connectivity index (χ0v) is 56.5. The summed E-state index contributed by atoms with van der Waals surface area (Å²) in [6.07, 6.45) is 2.71.